The SMILES string of the molecule is N#CC1C[C@@]2(CN1C(=O)c1ccc3cccnc3c1)C(=O)Nc1ccccc12. The molecule has 1 fully saturated rings. The Morgan fingerprint density at radius 2 is 2.07 bits per heavy atom. The number of nitrogens with one attached hydrogen (secondary N) is 1. The summed E-state index contributed by atoms with van der Waals surface area (Å²) in [6.45, 7) is 0.188. The monoisotopic (exact) mass is 368 g/mol. The van der Waals surface area contributed by atoms with E-state index in [-0.39, 0.29) is 18.4 Å². The molecule has 1 aromatic heterocycles. The van der Waals surface area contributed by atoms with E-state index in [0.717, 1.165) is 22.2 Å². The Labute approximate surface area is 161 Å². The molecule has 1 spiro atoms. The van der Waals surface area contributed by atoms with Crippen LogP contribution in [0.3, 0.4) is 0 Å². The van der Waals surface area contributed by atoms with E-state index >= 15 is 0 Å². The van der Waals surface area contributed by atoms with Crippen molar-refractivity contribution in [2.45, 2.75) is 17.9 Å². The number of anilines is 1. The summed E-state index contributed by atoms with van der Waals surface area (Å²) in [5.41, 5.74) is 1.93. The predicted octanol–water partition coefficient (Wildman–Crippen LogP) is 2.86. The van der Waals surface area contributed by atoms with Gasteiger partial charge in [-0.05, 0) is 29.8 Å². The zero-order valence-corrected chi connectivity index (χ0v) is 14.9. The minimum Gasteiger partial charge on any atom is -0.325 e. The molecule has 6 heteroatoms. The number of fused-ring (bicyclic) bond motifs is 3. The minimum absolute atomic E-state index is 0.149. The Morgan fingerprint density at radius 1 is 1.21 bits per heavy atom. The van der Waals surface area contributed by atoms with Crippen LogP contribution in [0.15, 0.2) is 60.8 Å². The van der Waals surface area contributed by atoms with E-state index in [0.29, 0.717) is 12.0 Å². The van der Waals surface area contributed by atoms with Crippen LogP contribution in [0.4, 0.5) is 5.69 Å². The number of hydrogen-bond donors (Lipinski definition) is 1. The average Bonchev–Trinajstić information content (AvgIpc) is 3.26. The summed E-state index contributed by atoms with van der Waals surface area (Å²) in [6, 6.07) is 18.1. The van der Waals surface area contributed by atoms with E-state index in [1.807, 2.05) is 42.5 Å². The lowest BCUT2D eigenvalue weighted by Crippen LogP contribution is -2.40. The van der Waals surface area contributed by atoms with E-state index < -0.39 is 11.5 Å². The zero-order chi connectivity index (χ0) is 19.3. The molecule has 0 saturated carbocycles. The maximum atomic E-state index is 13.2. The van der Waals surface area contributed by atoms with E-state index in [4.69, 9.17) is 0 Å². The molecule has 1 saturated heterocycles. The van der Waals surface area contributed by atoms with Crippen molar-refractivity contribution in [1.29, 1.82) is 5.26 Å². The Hall–Kier alpha value is -3.72. The van der Waals surface area contributed by atoms with Crippen LogP contribution < -0.4 is 5.32 Å². The van der Waals surface area contributed by atoms with Crippen LogP contribution in [-0.2, 0) is 10.2 Å². The molecular formula is C22H16N4O2. The molecule has 5 rings (SSSR count). The maximum absolute atomic E-state index is 13.2. The molecule has 2 aliphatic heterocycles. The number of para-hydroxylation sites is 1. The number of rotatable bonds is 1. The van der Waals surface area contributed by atoms with E-state index in [1.54, 1.807) is 18.3 Å². The van der Waals surface area contributed by atoms with Gasteiger partial charge in [0, 0.05) is 35.8 Å². The van der Waals surface area contributed by atoms with Crippen molar-refractivity contribution in [2.75, 3.05) is 11.9 Å². The highest BCUT2D eigenvalue weighted by Gasteiger charge is 2.55. The number of benzene rings is 2. The van der Waals surface area contributed by atoms with Crippen molar-refractivity contribution in [3.8, 4) is 6.07 Å². The molecule has 0 aliphatic carbocycles. The number of aromatic nitrogens is 1. The smallest absolute Gasteiger partial charge is 0.255 e. The molecule has 2 aliphatic rings. The van der Waals surface area contributed by atoms with Gasteiger partial charge in [0.05, 0.1) is 17.0 Å². The molecular weight excluding hydrogens is 352 g/mol. The molecule has 1 N–H and O–H groups in total. The lowest BCUT2D eigenvalue weighted by Gasteiger charge is -2.23. The molecule has 2 atom stereocenters. The van der Waals surface area contributed by atoms with E-state index in [9.17, 15) is 14.9 Å². The zero-order valence-electron chi connectivity index (χ0n) is 14.9. The van der Waals surface area contributed by atoms with Crippen molar-refractivity contribution in [1.82, 2.24) is 9.88 Å². The van der Waals surface area contributed by atoms with Gasteiger partial charge in [-0.25, -0.2) is 0 Å². The molecule has 28 heavy (non-hydrogen) atoms. The fourth-order valence-electron chi connectivity index (χ4n) is 4.33. The highest BCUT2D eigenvalue weighted by Crippen LogP contribution is 2.46. The lowest BCUT2D eigenvalue weighted by atomic mass is 9.80. The van der Waals surface area contributed by atoms with Gasteiger partial charge in [-0.3, -0.25) is 14.6 Å². The Balaban J connectivity index is 1.54. The first kappa shape index (κ1) is 16.5. The van der Waals surface area contributed by atoms with Crippen LogP contribution in [0, 0.1) is 11.3 Å². The fourth-order valence-corrected chi connectivity index (χ4v) is 4.33. The number of nitriles is 1. The number of carbonyl (C=O) groups excluding carboxylic acids is 2. The third kappa shape index (κ3) is 2.23. The number of amides is 2. The summed E-state index contributed by atoms with van der Waals surface area (Å²) >= 11 is 0. The van der Waals surface area contributed by atoms with Gasteiger partial charge in [-0.15, -0.1) is 0 Å². The van der Waals surface area contributed by atoms with E-state index in [1.165, 1.54) is 4.90 Å². The molecule has 1 unspecified atom stereocenters. The highest BCUT2D eigenvalue weighted by atomic mass is 16.2. The number of nitrogens with zero attached hydrogens (tertiary/aromatic N) is 3. The van der Waals surface area contributed by atoms with Crippen molar-refractivity contribution < 1.29 is 9.59 Å². The van der Waals surface area contributed by atoms with Gasteiger partial charge in [-0.2, -0.15) is 5.26 Å². The standard InChI is InChI=1S/C22H16N4O2/c23-12-16-11-22(17-5-1-2-6-18(17)25-21(22)28)13-26(16)20(27)15-8-7-14-4-3-9-24-19(14)10-15/h1-10,16H,11,13H2,(H,25,28)/t16?,22-/m0/s1. The van der Waals surface area contributed by atoms with Crippen LogP contribution in [0.1, 0.15) is 22.3 Å². The Bertz CT molecular complexity index is 1180. The average molecular weight is 368 g/mol. The van der Waals surface area contributed by atoms with Gasteiger partial charge in [0.25, 0.3) is 5.91 Å². The number of pyridine rings is 1. The highest BCUT2D eigenvalue weighted by molar-refractivity contribution is 6.08. The Kier molecular flexibility index (Phi) is 3.46. The fraction of sp³-hybridized carbons (Fsp3) is 0.182. The Morgan fingerprint density at radius 3 is 2.93 bits per heavy atom. The number of carbonyl (C=O) groups is 2. The van der Waals surface area contributed by atoms with Gasteiger partial charge < -0.3 is 10.2 Å². The van der Waals surface area contributed by atoms with Gasteiger partial charge >= 0.3 is 0 Å². The first-order chi connectivity index (χ1) is 13.6. The number of hydrogen-bond acceptors (Lipinski definition) is 4. The first-order valence-corrected chi connectivity index (χ1v) is 9.09. The molecule has 2 aromatic carbocycles. The van der Waals surface area contributed by atoms with Crippen LogP contribution in [-0.4, -0.2) is 34.3 Å². The summed E-state index contributed by atoms with van der Waals surface area (Å²) in [5, 5.41) is 13.5. The molecule has 2 amide bonds. The normalized spacial score (nSPS) is 22.9. The second-order valence-electron chi connectivity index (χ2n) is 7.27. The predicted molar refractivity (Wildman–Crippen MR) is 104 cm³/mol. The molecule has 3 aromatic rings. The van der Waals surface area contributed by atoms with Crippen molar-refractivity contribution in [3.63, 3.8) is 0 Å². The summed E-state index contributed by atoms with van der Waals surface area (Å²) < 4.78 is 0. The topological polar surface area (TPSA) is 86.1 Å². The third-order valence-electron chi connectivity index (χ3n) is 5.75. The largest absolute Gasteiger partial charge is 0.325 e. The number of likely N-dealkylation sites (tertiary alicyclic amines) is 1. The molecule has 0 radical (unpaired) electrons. The second kappa shape index (κ2) is 5.89. The molecule has 6 nitrogen and oxygen atoms in total. The van der Waals surface area contributed by atoms with Crippen molar-refractivity contribution >= 4 is 28.4 Å². The first-order valence-electron chi connectivity index (χ1n) is 9.09. The summed E-state index contributed by atoms with van der Waals surface area (Å²) in [5.74, 6) is -0.405. The van der Waals surface area contributed by atoms with Gasteiger partial charge in [0.2, 0.25) is 5.91 Å². The molecule has 3 heterocycles. The van der Waals surface area contributed by atoms with E-state index in [2.05, 4.69) is 16.4 Å². The third-order valence-corrected chi connectivity index (χ3v) is 5.75. The minimum atomic E-state index is -0.873. The summed E-state index contributed by atoms with van der Waals surface area (Å²) in [6.07, 6.45) is 1.98. The van der Waals surface area contributed by atoms with Crippen LogP contribution in [0.2, 0.25) is 0 Å². The lowest BCUT2D eigenvalue weighted by molar-refractivity contribution is -0.120. The van der Waals surface area contributed by atoms with Crippen molar-refractivity contribution in [2.24, 2.45) is 0 Å². The maximum Gasteiger partial charge on any atom is 0.255 e. The van der Waals surface area contributed by atoms with Gasteiger partial charge in [0.1, 0.15) is 6.04 Å². The van der Waals surface area contributed by atoms with Crippen LogP contribution in [0.5, 0.6) is 0 Å². The van der Waals surface area contributed by atoms with Gasteiger partial charge in [-0.1, -0.05) is 30.3 Å². The van der Waals surface area contributed by atoms with Crippen molar-refractivity contribution in [3.05, 3.63) is 71.9 Å². The quantitative estimate of drug-likeness (QED) is 0.716. The second-order valence-corrected chi connectivity index (χ2v) is 7.27. The summed E-state index contributed by atoms with van der Waals surface area (Å²) in [4.78, 5) is 31.9. The van der Waals surface area contributed by atoms with Gasteiger partial charge in [0.15, 0.2) is 0 Å². The molecule has 0 bridgehead atoms. The summed E-state index contributed by atoms with van der Waals surface area (Å²) in [7, 11) is 0. The van der Waals surface area contributed by atoms with Crippen LogP contribution >= 0.6 is 0 Å². The molecule has 136 valence electrons. The van der Waals surface area contributed by atoms with Crippen LogP contribution in [0.25, 0.3) is 10.9 Å².